The Bertz CT molecular complexity index is 1000. The summed E-state index contributed by atoms with van der Waals surface area (Å²) in [5.41, 5.74) is 1.17. The van der Waals surface area contributed by atoms with Crippen molar-refractivity contribution in [3.63, 3.8) is 0 Å². The molecule has 27 heavy (non-hydrogen) atoms. The third-order valence-corrected chi connectivity index (χ3v) is 5.94. The Morgan fingerprint density at radius 1 is 1.04 bits per heavy atom. The summed E-state index contributed by atoms with van der Waals surface area (Å²) in [6.07, 6.45) is 0.297. The highest BCUT2D eigenvalue weighted by Gasteiger charge is 2.30. The van der Waals surface area contributed by atoms with E-state index in [9.17, 15) is 22.4 Å². The van der Waals surface area contributed by atoms with Gasteiger partial charge in [0.25, 0.3) is 0 Å². The molecule has 0 aromatic heterocycles. The number of sulfone groups is 1. The minimum absolute atomic E-state index is 0.0439. The molecule has 1 aliphatic rings. The number of nitrogens with one attached hydrogen (secondary N) is 1. The summed E-state index contributed by atoms with van der Waals surface area (Å²) in [6.45, 7) is -0.513. The summed E-state index contributed by atoms with van der Waals surface area (Å²) in [7, 11) is -3.72. The molecule has 1 heterocycles. The molecule has 1 N–H and O–H groups in total. The number of hydrogen-bond donors (Lipinski definition) is 1. The van der Waals surface area contributed by atoms with E-state index in [0.29, 0.717) is 11.1 Å². The van der Waals surface area contributed by atoms with Crippen LogP contribution in [0.3, 0.4) is 0 Å². The average Bonchev–Trinajstić information content (AvgIpc) is 2.91. The molecule has 2 aromatic rings. The van der Waals surface area contributed by atoms with Gasteiger partial charge < -0.3 is 10.1 Å². The molecular formula is C19H16FNO5S. The van der Waals surface area contributed by atoms with Crippen molar-refractivity contribution in [3.05, 3.63) is 70.6 Å². The predicted octanol–water partition coefficient (Wildman–Crippen LogP) is 2.65. The molecule has 1 amide bonds. The topological polar surface area (TPSA) is 89.5 Å². The smallest absolute Gasteiger partial charge is 0.408 e. The Balaban J connectivity index is 1.62. The molecule has 0 fully saturated rings. The van der Waals surface area contributed by atoms with Gasteiger partial charge in [-0.3, -0.25) is 4.79 Å². The fourth-order valence-corrected chi connectivity index (χ4v) is 4.19. The van der Waals surface area contributed by atoms with Crippen LogP contribution in [0, 0.1) is 0 Å². The number of amides is 1. The fourth-order valence-electron chi connectivity index (χ4n) is 2.71. The van der Waals surface area contributed by atoms with E-state index >= 15 is 0 Å². The van der Waals surface area contributed by atoms with Gasteiger partial charge in [0.2, 0.25) is 9.84 Å². The maximum atomic E-state index is 13.2. The number of alkyl carbamates (subject to hydrolysis) is 1. The standard InChI is InChI=1S/C19H16FNO5S/c20-18(22)16(10-13-6-2-1-3-7-13)21-19(23)26-12-15-11-14-8-4-5-9-17(14)27(15,24)25/h1-9,11,16H,10,12H2,(H,21,23)/t16-/m0/s1. The van der Waals surface area contributed by atoms with Crippen molar-refractivity contribution >= 4 is 28.0 Å². The van der Waals surface area contributed by atoms with Gasteiger partial charge in [-0.05, 0) is 23.3 Å². The van der Waals surface area contributed by atoms with Crippen LogP contribution < -0.4 is 5.32 Å². The van der Waals surface area contributed by atoms with Crippen LogP contribution in [0.15, 0.2) is 64.4 Å². The van der Waals surface area contributed by atoms with E-state index in [2.05, 4.69) is 5.32 Å². The largest absolute Gasteiger partial charge is 0.444 e. The van der Waals surface area contributed by atoms with Crippen LogP contribution >= 0.6 is 0 Å². The van der Waals surface area contributed by atoms with Crippen molar-refractivity contribution in [2.24, 2.45) is 0 Å². The summed E-state index contributed by atoms with van der Waals surface area (Å²) in [4.78, 5) is 23.1. The van der Waals surface area contributed by atoms with Crippen molar-refractivity contribution in [1.29, 1.82) is 0 Å². The quantitative estimate of drug-likeness (QED) is 0.767. The Morgan fingerprint density at radius 3 is 2.37 bits per heavy atom. The molecule has 0 spiro atoms. The summed E-state index contributed by atoms with van der Waals surface area (Å²) >= 11 is 0. The first-order chi connectivity index (χ1) is 12.9. The molecular weight excluding hydrogens is 373 g/mol. The first-order valence-electron chi connectivity index (χ1n) is 8.09. The van der Waals surface area contributed by atoms with Crippen LogP contribution in [0.25, 0.3) is 6.08 Å². The highest BCUT2D eigenvalue weighted by atomic mass is 32.2. The number of carbonyl (C=O) groups excluding carboxylic acids is 2. The number of carbonyl (C=O) groups is 2. The summed E-state index contributed by atoms with van der Waals surface area (Å²) in [5.74, 6) is 0. The normalized spacial score (nSPS) is 15.4. The van der Waals surface area contributed by atoms with Gasteiger partial charge in [0, 0.05) is 6.42 Å². The number of fused-ring (bicyclic) bond motifs is 1. The Labute approximate surface area is 155 Å². The predicted molar refractivity (Wildman–Crippen MR) is 96.1 cm³/mol. The molecule has 0 saturated heterocycles. The van der Waals surface area contributed by atoms with Crippen LogP contribution in [0.4, 0.5) is 9.18 Å². The maximum absolute atomic E-state index is 13.2. The fraction of sp³-hybridized carbons (Fsp3) is 0.158. The molecule has 8 heteroatoms. The van der Waals surface area contributed by atoms with Gasteiger partial charge in [0.15, 0.2) is 0 Å². The van der Waals surface area contributed by atoms with E-state index in [-0.39, 0.29) is 16.2 Å². The van der Waals surface area contributed by atoms with Gasteiger partial charge in [-0.25, -0.2) is 13.2 Å². The molecule has 0 bridgehead atoms. The van der Waals surface area contributed by atoms with Crippen molar-refractivity contribution in [1.82, 2.24) is 5.32 Å². The molecule has 6 nitrogen and oxygen atoms in total. The highest BCUT2D eigenvalue weighted by Crippen LogP contribution is 2.32. The third kappa shape index (κ3) is 4.22. The lowest BCUT2D eigenvalue weighted by atomic mass is 10.1. The minimum Gasteiger partial charge on any atom is -0.444 e. The van der Waals surface area contributed by atoms with E-state index in [1.807, 2.05) is 0 Å². The number of benzene rings is 2. The monoisotopic (exact) mass is 389 g/mol. The van der Waals surface area contributed by atoms with E-state index in [0.717, 1.165) is 0 Å². The van der Waals surface area contributed by atoms with Crippen LogP contribution in [0.5, 0.6) is 0 Å². The van der Waals surface area contributed by atoms with Gasteiger partial charge in [0.05, 0.1) is 9.80 Å². The lowest BCUT2D eigenvalue weighted by Gasteiger charge is -2.14. The van der Waals surface area contributed by atoms with E-state index < -0.39 is 34.6 Å². The average molecular weight is 389 g/mol. The van der Waals surface area contributed by atoms with Crippen LogP contribution in [-0.4, -0.2) is 33.2 Å². The van der Waals surface area contributed by atoms with Crippen LogP contribution in [-0.2, 0) is 25.8 Å². The maximum Gasteiger partial charge on any atom is 0.408 e. The van der Waals surface area contributed by atoms with Crippen molar-refractivity contribution in [2.45, 2.75) is 17.4 Å². The molecule has 1 atom stereocenters. The number of halogens is 1. The Morgan fingerprint density at radius 2 is 1.70 bits per heavy atom. The summed E-state index contributed by atoms with van der Waals surface area (Å²) in [6, 6.07) is 11.9. The van der Waals surface area contributed by atoms with Crippen LogP contribution in [0.1, 0.15) is 11.1 Å². The lowest BCUT2D eigenvalue weighted by molar-refractivity contribution is -0.131. The van der Waals surface area contributed by atoms with Gasteiger partial charge in [-0.2, -0.15) is 4.39 Å². The molecule has 2 aromatic carbocycles. The van der Waals surface area contributed by atoms with E-state index in [1.165, 1.54) is 12.1 Å². The second-order valence-electron chi connectivity index (χ2n) is 5.92. The molecule has 140 valence electrons. The Kier molecular flexibility index (Phi) is 5.36. The van der Waals surface area contributed by atoms with Crippen molar-refractivity contribution in [2.75, 3.05) is 6.61 Å². The lowest BCUT2D eigenvalue weighted by Crippen LogP contribution is -2.41. The van der Waals surface area contributed by atoms with Gasteiger partial charge in [-0.1, -0.05) is 48.5 Å². The first-order valence-corrected chi connectivity index (χ1v) is 9.57. The number of ether oxygens (including phenoxy) is 1. The highest BCUT2D eigenvalue weighted by molar-refractivity contribution is 7.95. The second-order valence-corrected chi connectivity index (χ2v) is 7.89. The summed E-state index contributed by atoms with van der Waals surface area (Å²) in [5, 5.41) is 2.13. The molecule has 0 unspecified atom stereocenters. The zero-order valence-corrected chi connectivity index (χ0v) is 14.9. The molecule has 0 radical (unpaired) electrons. The molecule has 0 aliphatic carbocycles. The van der Waals surface area contributed by atoms with E-state index in [4.69, 9.17) is 4.74 Å². The van der Waals surface area contributed by atoms with Crippen molar-refractivity contribution < 1.29 is 27.1 Å². The zero-order valence-electron chi connectivity index (χ0n) is 14.1. The van der Waals surface area contributed by atoms with Gasteiger partial charge in [-0.15, -0.1) is 0 Å². The molecule has 1 aliphatic heterocycles. The van der Waals surface area contributed by atoms with Crippen molar-refractivity contribution in [3.8, 4) is 0 Å². The minimum atomic E-state index is -3.72. The van der Waals surface area contributed by atoms with Crippen LogP contribution in [0.2, 0.25) is 0 Å². The number of hydrogen-bond acceptors (Lipinski definition) is 5. The Hall–Kier alpha value is -3.00. The summed E-state index contributed by atoms with van der Waals surface area (Å²) < 4.78 is 42.9. The second kappa shape index (κ2) is 7.71. The number of rotatable bonds is 6. The SMILES string of the molecule is O=C(N[C@@H](Cc1ccccc1)C(=O)F)OCC1=Cc2ccccc2S1(=O)=O. The third-order valence-electron chi connectivity index (χ3n) is 4.06. The first kappa shape index (κ1) is 18.8. The molecule has 0 saturated carbocycles. The van der Waals surface area contributed by atoms with Gasteiger partial charge in [0.1, 0.15) is 12.6 Å². The molecule has 3 rings (SSSR count). The zero-order chi connectivity index (χ0) is 19.4. The van der Waals surface area contributed by atoms with E-state index in [1.54, 1.807) is 48.5 Å². The van der Waals surface area contributed by atoms with Gasteiger partial charge >= 0.3 is 12.1 Å².